The van der Waals surface area contributed by atoms with Gasteiger partial charge in [-0.05, 0) is 18.9 Å². The normalized spacial score (nSPS) is 17.8. The van der Waals surface area contributed by atoms with Crippen molar-refractivity contribution in [3.05, 3.63) is 62.6 Å². The second kappa shape index (κ2) is 5.73. The van der Waals surface area contributed by atoms with Crippen LogP contribution in [0.3, 0.4) is 0 Å². The van der Waals surface area contributed by atoms with Crippen molar-refractivity contribution in [3.8, 4) is 0 Å². The lowest BCUT2D eigenvalue weighted by atomic mass is 10.1. The third-order valence-electron chi connectivity index (χ3n) is 4.61. The largest absolute Gasteiger partial charge is 0.310 e. The molecule has 1 aromatic heterocycles. The van der Waals surface area contributed by atoms with E-state index in [4.69, 9.17) is 0 Å². The van der Waals surface area contributed by atoms with Crippen LogP contribution in [0.4, 0.5) is 13.2 Å². The van der Waals surface area contributed by atoms with E-state index in [1.165, 1.54) is 0 Å². The Hall–Kier alpha value is -2.15. The number of hydrogen-bond acceptors (Lipinski definition) is 3. The SMILES string of the molecule is O=c1[nH]c(C2CC2)nc2c1CN(Cc1cc(F)c(F)cc1F)CC2. The monoisotopic (exact) mass is 335 g/mol. The van der Waals surface area contributed by atoms with Crippen molar-refractivity contribution in [2.24, 2.45) is 0 Å². The summed E-state index contributed by atoms with van der Waals surface area (Å²) in [5.41, 5.74) is 1.30. The number of nitrogens with zero attached hydrogens (tertiary/aromatic N) is 2. The van der Waals surface area contributed by atoms with Gasteiger partial charge < -0.3 is 4.98 Å². The first kappa shape index (κ1) is 15.4. The Labute approximate surface area is 136 Å². The molecule has 1 saturated carbocycles. The van der Waals surface area contributed by atoms with Crippen LogP contribution in [0.2, 0.25) is 0 Å². The van der Waals surface area contributed by atoms with Crippen LogP contribution in [0, 0.1) is 17.5 Å². The van der Waals surface area contributed by atoms with Crippen LogP contribution < -0.4 is 5.56 Å². The van der Waals surface area contributed by atoms with Gasteiger partial charge in [-0.25, -0.2) is 18.2 Å². The van der Waals surface area contributed by atoms with Gasteiger partial charge in [0.25, 0.3) is 5.56 Å². The molecule has 1 fully saturated rings. The second-order valence-electron chi connectivity index (χ2n) is 6.47. The molecule has 0 radical (unpaired) electrons. The lowest BCUT2D eigenvalue weighted by Crippen LogP contribution is -2.36. The molecule has 0 unspecified atom stereocenters. The first-order valence-corrected chi connectivity index (χ1v) is 7.99. The highest BCUT2D eigenvalue weighted by Crippen LogP contribution is 2.37. The van der Waals surface area contributed by atoms with Gasteiger partial charge in [0, 0.05) is 43.6 Å². The molecule has 0 spiro atoms. The van der Waals surface area contributed by atoms with Gasteiger partial charge in [0.05, 0.1) is 11.3 Å². The summed E-state index contributed by atoms with van der Waals surface area (Å²) in [6.45, 7) is 1.03. The smallest absolute Gasteiger partial charge is 0.255 e. The van der Waals surface area contributed by atoms with Gasteiger partial charge in [0.15, 0.2) is 11.6 Å². The van der Waals surface area contributed by atoms with Crippen molar-refractivity contribution in [2.45, 2.75) is 38.3 Å². The van der Waals surface area contributed by atoms with Gasteiger partial charge in [-0.3, -0.25) is 9.69 Å². The maximum absolute atomic E-state index is 13.8. The summed E-state index contributed by atoms with van der Waals surface area (Å²) >= 11 is 0. The van der Waals surface area contributed by atoms with Crippen molar-refractivity contribution in [3.63, 3.8) is 0 Å². The van der Waals surface area contributed by atoms with E-state index in [1.54, 1.807) is 0 Å². The fraction of sp³-hybridized carbons (Fsp3) is 0.412. The number of benzene rings is 1. The molecule has 4 rings (SSSR count). The van der Waals surface area contributed by atoms with Crippen LogP contribution in [0.15, 0.2) is 16.9 Å². The Morgan fingerprint density at radius 3 is 2.67 bits per heavy atom. The minimum atomic E-state index is -1.20. The van der Waals surface area contributed by atoms with Gasteiger partial charge >= 0.3 is 0 Å². The Kier molecular flexibility index (Phi) is 3.68. The molecular weight excluding hydrogens is 319 g/mol. The van der Waals surface area contributed by atoms with Crippen LogP contribution in [0.25, 0.3) is 0 Å². The lowest BCUT2D eigenvalue weighted by Gasteiger charge is -2.27. The van der Waals surface area contributed by atoms with Gasteiger partial charge in [-0.1, -0.05) is 0 Å². The number of fused-ring (bicyclic) bond motifs is 1. The number of aromatic nitrogens is 2. The molecule has 0 saturated heterocycles. The number of halogens is 3. The standard InChI is InChI=1S/C17H16F3N3O/c18-12-6-14(20)13(19)5-10(12)7-23-4-3-15-11(8-23)17(24)22-16(21-15)9-1-2-9/h5-6,9H,1-4,7-8H2,(H,21,22,24). The number of rotatable bonds is 3. The summed E-state index contributed by atoms with van der Waals surface area (Å²) < 4.78 is 40.1. The molecule has 7 heteroatoms. The maximum atomic E-state index is 13.8. The summed E-state index contributed by atoms with van der Waals surface area (Å²) in [6.07, 6.45) is 2.71. The first-order valence-electron chi connectivity index (χ1n) is 7.99. The number of nitrogens with one attached hydrogen (secondary N) is 1. The molecule has 0 bridgehead atoms. The summed E-state index contributed by atoms with van der Waals surface area (Å²) in [6, 6.07) is 1.43. The van der Waals surface area contributed by atoms with Crippen LogP contribution in [-0.4, -0.2) is 21.4 Å². The van der Waals surface area contributed by atoms with Crippen LogP contribution in [-0.2, 0) is 19.5 Å². The predicted octanol–water partition coefficient (Wildman–Crippen LogP) is 2.62. The molecule has 1 N–H and O–H groups in total. The van der Waals surface area contributed by atoms with E-state index in [0.29, 0.717) is 37.1 Å². The van der Waals surface area contributed by atoms with E-state index in [0.717, 1.165) is 30.4 Å². The summed E-state index contributed by atoms with van der Waals surface area (Å²) in [5, 5.41) is 0. The third-order valence-corrected chi connectivity index (χ3v) is 4.61. The van der Waals surface area contributed by atoms with Crippen molar-refractivity contribution in [1.82, 2.24) is 14.9 Å². The second-order valence-corrected chi connectivity index (χ2v) is 6.47. The Morgan fingerprint density at radius 2 is 1.92 bits per heavy atom. The van der Waals surface area contributed by atoms with Crippen LogP contribution >= 0.6 is 0 Å². The highest BCUT2D eigenvalue weighted by Gasteiger charge is 2.29. The Bertz CT molecular complexity index is 861. The highest BCUT2D eigenvalue weighted by atomic mass is 19.2. The molecule has 24 heavy (non-hydrogen) atoms. The van der Waals surface area contributed by atoms with Crippen LogP contribution in [0.1, 0.15) is 41.4 Å². The van der Waals surface area contributed by atoms with Crippen molar-refractivity contribution < 1.29 is 13.2 Å². The summed E-state index contributed by atoms with van der Waals surface area (Å²) in [5.74, 6) is -1.92. The molecule has 0 amide bonds. The van der Waals surface area contributed by atoms with E-state index in [2.05, 4.69) is 9.97 Å². The molecule has 1 aliphatic heterocycles. The number of hydrogen-bond donors (Lipinski definition) is 1. The van der Waals surface area contributed by atoms with Gasteiger partial charge in [0.1, 0.15) is 11.6 Å². The minimum Gasteiger partial charge on any atom is -0.310 e. The molecule has 126 valence electrons. The average Bonchev–Trinajstić information content (AvgIpc) is 3.38. The quantitative estimate of drug-likeness (QED) is 0.877. The van der Waals surface area contributed by atoms with Gasteiger partial charge in [-0.15, -0.1) is 0 Å². The van der Waals surface area contributed by atoms with Crippen molar-refractivity contribution in [2.75, 3.05) is 6.54 Å². The molecule has 0 atom stereocenters. The molecule has 4 nitrogen and oxygen atoms in total. The van der Waals surface area contributed by atoms with Crippen molar-refractivity contribution in [1.29, 1.82) is 0 Å². The van der Waals surface area contributed by atoms with E-state index in [9.17, 15) is 18.0 Å². The zero-order valence-corrected chi connectivity index (χ0v) is 12.9. The van der Waals surface area contributed by atoms with E-state index in [1.807, 2.05) is 4.90 Å². The fourth-order valence-electron chi connectivity index (χ4n) is 3.11. The van der Waals surface area contributed by atoms with E-state index >= 15 is 0 Å². The third kappa shape index (κ3) is 2.84. The average molecular weight is 335 g/mol. The Balaban J connectivity index is 1.56. The van der Waals surface area contributed by atoms with Gasteiger partial charge in [0.2, 0.25) is 0 Å². The molecule has 1 aromatic carbocycles. The van der Waals surface area contributed by atoms with Crippen LogP contribution in [0.5, 0.6) is 0 Å². The van der Waals surface area contributed by atoms with E-state index < -0.39 is 17.5 Å². The number of H-pyrrole nitrogens is 1. The number of aromatic amines is 1. The first-order chi connectivity index (χ1) is 11.5. The topological polar surface area (TPSA) is 49.0 Å². The van der Waals surface area contributed by atoms with E-state index in [-0.39, 0.29) is 17.7 Å². The lowest BCUT2D eigenvalue weighted by molar-refractivity contribution is 0.237. The summed E-state index contributed by atoms with van der Waals surface area (Å²) in [4.78, 5) is 21.5. The molecule has 2 aliphatic rings. The molecule has 2 heterocycles. The zero-order chi connectivity index (χ0) is 16.8. The Morgan fingerprint density at radius 1 is 1.17 bits per heavy atom. The molecule has 1 aliphatic carbocycles. The zero-order valence-electron chi connectivity index (χ0n) is 12.9. The maximum Gasteiger partial charge on any atom is 0.255 e. The minimum absolute atomic E-state index is 0.0799. The molecule has 2 aromatic rings. The summed E-state index contributed by atoms with van der Waals surface area (Å²) in [7, 11) is 0. The fourth-order valence-corrected chi connectivity index (χ4v) is 3.11. The highest BCUT2D eigenvalue weighted by molar-refractivity contribution is 5.24. The van der Waals surface area contributed by atoms with Gasteiger partial charge in [-0.2, -0.15) is 0 Å². The molecular formula is C17H16F3N3O. The van der Waals surface area contributed by atoms with Crippen molar-refractivity contribution >= 4 is 0 Å². The predicted molar refractivity (Wildman–Crippen MR) is 81.0 cm³/mol.